The molecule has 0 radical (unpaired) electrons. The van der Waals surface area contributed by atoms with Crippen molar-refractivity contribution in [2.24, 2.45) is 5.92 Å². The molecule has 10 nitrogen and oxygen atoms in total. The van der Waals surface area contributed by atoms with Gasteiger partial charge in [0.05, 0.1) is 12.0 Å². The topological polar surface area (TPSA) is 99.5 Å². The molecule has 36 heavy (non-hydrogen) atoms. The number of benzene rings is 1. The first-order valence-corrected chi connectivity index (χ1v) is 12.8. The zero-order valence-corrected chi connectivity index (χ0v) is 21.5. The lowest BCUT2D eigenvalue weighted by molar-refractivity contribution is -0.424. The van der Waals surface area contributed by atoms with Gasteiger partial charge in [0.25, 0.3) is 5.91 Å². The van der Waals surface area contributed by atoms with Crippen LogP contribution in [-0.2, 0) is 4.79 Å². The molecule has 1 saturated heterocycles. The van der Waals surface area contributed by atoms with E-state index in [0.29, 0.717) is 49.7 Å². The molecule has 2 heterocycles. The Kier molecular flexibility index (Phi) is 8.13. The Bertz CT molecular complexity index is 1000. The van der Waals surface area contributed by atoms with Crippen LogP contribution in [0.3, 0.4) is 0 Å². The summed E-state index contributed by atoms with van der Waals surface area (Å²) in [5.74, 6) is 0.146. The summed E-state index contributed by atoms with van der Waals surface area (Å²) in [6.07, 6.45) is 4.55. The lowest BCUT2D eigenvalue weighted by atomic mass is 9.77. The molecular weight excluding hydrogens is 462 g/mol. The number of ether oxygens (including phenoxy) is 1. The zero-order chi connectivity index (χ0) is 25.8. The first-order chi connectivity index (χ1) is 17.3. The smallest absolute Gasteiger partial charge is 0.352 e. The molecular formula is C26H37N5O5. The molecule has 1 aromatic rings. The second-order valence-corrected chi connectivity index (χ2v) is 10.1. The average molecular weight is 500 g/mol. The van der Waals surface area contributed by atoms with Gasteiger partial charge in [-0.2, -0.15) is 0 Å². The molecule has 196 valence electrons. The predicted octanol–water partition coefficient (Wildman–Crippen LogP) is 2.29. The van der Waals surface area contributed by atoms with Gasteiger partial charge in [0.2, 0.25) is 0 Å². The van der Waals surface area contributed by atoms with Crippen LogP contribution in [-0.4, -0.2) is 103 Å². The zero-order valence-electron chi connectivity index (χ0n) is 21.5. The van der Waals surface area contributed by atoms with Crippen molar-refractivity contribution in [1.82, 2.24) is 19.6 Å². The maximum Gasteiger partial charge on any atom is 0.352 e. The summed E-state index contributed by atoms with van der Waals surface area (Å²) in [6.45, 7) is 3.23. The van der Waals surface area contributed by atoms with Crippen molar-refractivity contribution in [2.45, 2.75) is 38.1 Å². The molecule has 1 saturated carbocycles. The van der Waals surface area contributed by atoms with Crippen LogP contribution in [0, 0.1) is 16.0 Å². The normalized spacial score (nSPS) is 22.7. The number of hydrogen-bond acceptors (Lipinski definition) is 7. The average Bonchev–Trinajstić information content (AvgIpc) is 2.89. The van der Waals surface area contributed by atoms with E-state index < -0.39 is 10.8 Å². The first-order valence-electron chi connectivity index (χ1n) is 12.8. The minimum Gasteiger partial charge on any atom is -0.497 e. The molecule has 2 unspecified atom stereocenters. The third kappa shape index (κ3) is 5.33. The highest BCUT2D eigenvalue weighted by Gasteiger charge is 2.49. The predicted molar refractivity (Wildman–Crippen MR) is 135 cm³/mol. The number of carbonyl (C=O) groups is 2. The molecule has 1 aromatic carbocycles. The summed E-state index contributed by atoms with van der Waals surface area (Å²) in [7, 11) is 5.56. The molecule has 0 N–H and O–H groups in total. The van der Waals surface area contributed by atoms with Crippen LogP contribution >= 0.6 is 0 Å². The summed E-state index contributed by atoms with van der Waals surface area (Å²) < 4.78 is 5.17. The largest absolute Gasteiger partial charge is 0.497 e. The summed E-state index contributed by atoms with van der Waals surface area (Å²) >= 11 is 0. The third-order valence-corrected chi connectivity index (χ3v) is 7.62. The molecule has 10 heteroatoms. The van der Waals surface area contributed by atoms with Gasteiger partial charge in [-0.1, -0.05) is 12.8 Å². The fourth-order valence-electron chi connectivity index (χ4n) is 5.82. The Hall–Kier alpha value is -3.14. The fourth-order valence-corrected chi connectivity index (χ4v) is 5.82. The van der Waals surface area contributed by atoms with E-state index in [0.717, 1.165) is 38.6 Å². The Morgan fingerprint density at radius 3 is 2.39 bits per heavy atom. The van der Waals surface area contributed by atoms with E-state index in [1.165, 1.54) is 0 Å². The highest BCUT2D eigenvalue weighted by molar-refractivity contribution is 5.94. The number of carbonyl (C=O) groups excluding carboxylic acids is 2. The maximum atomic E-state index is 13.5. The Labute approximate surface area is 212 Å². The van der Waals surface area contributed by atoms with Gasteiger partial charge < -0.3 is 24.3 Å². The fraction of sp³-hybridized carbons (Fsp3) is 0.615. The number of nitro groups is 1. The standard InChI is InChI=1S/C26H37N5O5/c1-27(2)13-6-14-30-22-8-5-4-7-21(22)23(24(26(30)33)31(34)35)28-15-17-29(18-16-28)25(32)19-9-11-20(36-3)12-10-19/h9-12,21-22H,4-8,13-18H2,1-3H3. The summed E-state index contributed by atoms with van der Waals surface area (Å²) in [5.41, 5.74) is 0.913. The van der Waals surface area contributed by atoms with E-state index in [1.807, 2.05) is 19.0 Å². The van der Waals surface area contributed by atoms with E-state index in [-0.39, 0.29) is 23.6 Å². The van der Waals surface area contributed by atoms with Gasteiger partial charge in [0.15, 0.2) is 0 Å². The monoisotopic (exact) mass is 499 g/mol. The van der Waals surface area contributed by atoms with Gasteiger partial charge in [-0.05, 0) is 64.2 Å². The quantitative estimate of drug-likeness (QED) is 0.400. The van der Waals surface area contributed by atoms with Crippen molar-refractivity contribution >= 4 is 11.8 Å². The van der Waals surface area contributed by atoms with Gasteiger partial charge in [-0.3, -0.25) is 19.7 Å². The Morgan fingerprint density at radius 2 is 1.78 bits per heavy atom. The van der Waals surface area contributed by atoms with Crippen LogP contribution in [0.15, 0.2) is 35.7 Å². The molecule has 3 aliphatic rings. The number of nitrogens with zero attached hydrogens (tertiary/aromatic N) is 5. The van der Waals surface area contributed by atoms with E-state index >= 15 is 0 Å². The van der Waals surface area contributed by atoms with Crippen LogP contribution in [0.5, 0.6) is 5.75 Å². The van der Waals surface area contributed by atoms with Gasteiger partial charge in [0, 0.05) is 50.2 Å². The van der Waals surface area contributed by atoms with Crippen molar-refractivity contribution in [1.29, 1.82) is 0 Å². The molecule has 0 bridgehead atoms. The van der Waals surface area contributed by atoms with Gasteiger partial charge in [-0.15, -0.1) is 0 Å². The number of rotatable bonds is 8. The lowest BCUT2D eigenvalue weighted by Gasteiger charge is -2.47. The van der Waals surface area contributed by atoms with Crippen molar-refractivity contribution < 1.29 is 19.2 Å². The number of hydrogen-bond donors (Lipinski definition) is 0. The molecule has 2 atom stereocenters. The minimum absolute atomic E-state index is 0.00562. The van der Waals surface area contributed by atoms with E-state index in [4.69, 9.17) is 4.74 Å². The molecule has 0 spiro atoms. The van der Waals surface area contributed by atoms with E-state index in [1.54, 1.807) is 41.2 Å². The van der Waals surface area contributed by atoms with Crippen molar-refractivity contribution in [3.05, 3.63) is 51.3 Å². The third-order valence-electron chi connectivity index (χ3n) is 7.62. The second kappa shape index (κ2) is 11.3. The number of amides is 2. The van der Waals surface area contributed by atoms with Crippen molar-refractivity contribution in [2.75, 3.05) is 60.5 Å². The van der Waals surface area contributed by atoms with Crippen LogP contribution in [0.4, 0.5) is 0 Å². The molecule has 2 amide bonds. The lowest BCUT2D eigenvalue weighted by Crippen LogP contribution is -2.57. The van der Waals surface area contributed by atoms with Gasteiger partial charge in [-0.25, -0.2) is 0 Å². The molecule has 4 rings (SSSR count). The van der Waals surface area contributed by atoms with Crippen LogP contribution in [0.2, 0.25) is 0 Å². The minimum atomic E-state index is -0.476. The highest BCUT2D eigenvalue weighted by atomic mass is 16.6. The maximum absolute atomic E-state index is 13.5. The Balaban J connectivity index is 1.53. The summed E-state index contributed by atoms with van der Waals surface area (Å²) in [5, 5.41) is 12.2. The van der Waals surface area contributed by atoms with Gasteiger partial charge in [0.1, 0.15) is 11.4 Å². The number of fused-ring (bicyclic) bond motifs is 1. The number of methoxy groups -OCH3 is 1. The SMILES string of the molecule is COc1ccc(C(=O)N2CCN(C3=C([N+](=O)[O-])C(=O)N(CCCN(C)C)C4CCCCC34)CC2)cc1. The second-order valence-electron chi connectivity index (χ2n) is 10.1. The van der Waals surface area contributed by atoms with Crippen LogP contribution < -0.4 is 4.74 Å². The van der Waals surface area contributed by atoms with E-state index in [9.17, 15) is 19.7 Å². The van der Waals surface area contributed by atoms with Crippen molar-refractivity contribution in [3.8, 4) is 5.75 Å². The number of piperazine rings is 1. The molecule has 2 fully saturated rings. The summed E-state index contributed by atoms with van der Waals surface area (Å²) in [6, 6.07) is 7.03. The highest BCUT2D eigenvalue weighted by Crippen LogP contribution is 2.41. The van der Waals surface area contributed by atoms with Crippen LogP contribution in [0.1, 0.15) is 42.5 Å². The van der Waals surface area contributed by atoms with Gasteiger partial charge >= 0.3 is 11.6 Å². The molecule has 2 aliphatic heterocycles. The Morgan fingerprint density at radius 1 is 1.11 bits per heavy atom. The molecule has 0 aromatic heterocycles. The van der Waals surface area contributed by atoms with Crippen molar-refractivity contribution in [3.63, 3.8) is 0 Å². The first kappa shape index (κ1) is 25.9. The van der Waals surface area contributed by atoms with Crippen LogP contribution in [0.25, 0.3) is 0 Å². The molecule has 1 aliphatic carbocycles. The van der Waals surface area contributed by atoms with E-state index in [2.05, 4.69) is 4.90 Å². The summed E-state index contributed by atoms with van der Waals surface area (Å²) in [4.78, 5) is 45.9.